The van der Waals surface area contributed by atoms with Crippen LogP contribution in [0.4, 0.5) is 5.69 Å². The van der Waals surface area contributed by atoms with Crippen molar-refractivity contribution in [3.8, 4) is 5.75 Å². The predicted octanol–water partition coefficient (Wildman–Crippen LogP) is 2.30. The van der Waals surface area contributed by atoms with E-state index in [1.54, 1.807) is 7.11 Å². The molecule has 0 saturated heterocycles. The zero-order valence-electron chi connectivity index (χ0n) is 9.83. The van der Waals surface area contributed by atoms with E-state index in [0.717, 1.165) is 22.6 Å². The summed E-state index contributed by atoms with van der Waals surface area (Å²) in [5.41, 5.74) is 8.68. The Balaban J connectivity index is 2.80. The summed E-state index contributed by atoms with van der Waals surface area (Å²) in [5, 5.41) is 0. The smallest absolute Gasteiger partial charge is 0.127 e. The van der Waals surface area contributed by atoms with Crippen molar-refractivity contribution >= 4 is 5.69 Å². The molecule has 3 heteroatoms. The molecular formula is C12H19NO2. The summed E-state index contributed by atoms with van der Waals surface area (Å²) < 4.78 is 10.8. The normalized spacial score (nSPS) is 12.5. The first-order chi connectivity index (χ1) is 7.06. The van der Waals surface area contributed by atoms with E-state index in [0.29, 0.717) is 6.61 Å². The Morgan fingerprint density at radius 2 is 2.00 bits per heavy atom. The highest BCUT2D eigenvalue weighted by molar-refractivity contribution is 5.56. The lowest BCUT2D eigenvalue weighted by atomic mass is 10.1. The number of anilines is 1. The molecule has 1 aromatic carbocycles. The van der Waals surface area contributed by atoms with Gasteiger partial charge in [-0.15, -0.1) is 0 Å². The van der Waals surface area contributed by atoms with Crippen LogP contribution in [0.1, 0.15) is 18.1 Å². The molecule has 1 atom stereocenters. The summed E-state index contributed by atoms with van der Waals surface area (Å²) in [5.74, 6) is 0.874. The van der Waals surface area contributed by atoms with Crippen molar-refractivity contribution < 1.29 is 9.47 Å². The molecule has 2 N–H and O–H groups in total. The molecule has 0 amide bonds. The topological polar surface area (TPSA) is 44.5 Å². The van der Waals surface area contributed by atoms with E-state index < -0.39 is 0 Å². The number of hydrogen-bond acceptors (Lipinski definition) is 3. The van der Waals surface area contributed by atoms with Crippen molar-refractivity contribution in [1.29, 1.82) is 0 Å². The van der Waals surface area contributed by atoms with Gasteiger partial charge in [0, 0.05) is 18.4 Å². The van der Waals surface area contributed by atoms with Crippen LogP contribution < -0.4 is 10.5 Å². The quantitative estimate of drug-likeness (QED) is 0.774. The maximum Gasteiger partial charge on any atom is 0.127 e. The first-order valence-electron chi connectivity index (χ1n) is 5.07. The fraction of sp³-hybridized carbons (Fsp3) is 0.500. The average Bonchev–Trinajstić information content (AvgIpc) is 2.23. The molecule has 0 heterocycles. The van der Waals surface area contributed by atoms with Gasteiger partial charge in [-0.05, 0) is 32.4 Å². The number of nitrogens with two attached hydrogens (primary N) is 1. The van der Waals surface area contributed by atoms with E-state index in [1.165, 1.54) is 0 Å². The van der Waals surface area contributed by atoms with Crippen LogP contribution in [0.15, 0.2) is 12.1 Å². The molecule has 0 spiro atoms. The minimum absolute atomic E-state index is 0.0882. The Labute approximate surface area is 91.2 Å². The van der Waals surface area contributed by atoms with Gasteiger partial charge in [0.15, 0.2) is 0 Å². The first-order valence-corrected chi connectivity index (χ1v) is 5.07. The van der Waals surface area contributed by atoms with Crippen molar-refractivity contribution in [2.45, 2.75) is 26.9 Å². The fourth-order valence-corrected chi connectivity index (χ4v) is 1.33. The summed E-state index contributed by atoms with van der Waals surface area (Å²) in [4.78, 5) is 0. The SMILES string of the molecule is COC(C)COc1c(C)ccc(N)c1C. The Kier molecular flexibility index (Phi) is 3.97. The van der Waals surface area contributed by atoms with Gasteiger partial charge in [0.2, 0.25) is 0 Å². The maximum atomic E-state index is 5.82. The van der Waals surface area contributed by atoms with Crippen molar-refractivity contribution in [3.63, 3.8) is 0 Å². The second-order valence-corrected chi connectivity index (χ2v) is 3.78. The van der Waals surface area contributed by atoms with Crippen LogP contribution in [0, 0.1) is 13.8 Å². The lowest BCUT2D eigenvalue weighted by Gasteiger charge is -2.16. The van der Waals surface area contributed by atoms with Gasteiger partial charge in [-0.2, -0.15) is 0 Å². The Bertz CT molecular complexity index is 337. The molecule has 0 fully saturated rings. The molecule has 84 valence electrons. The highest BCUT2D eigenvalue weighted by Crippen LogP contribution is 2.27. The molecule has 1 aromatic rings. The number of nitrogen functional groups attached to an aromatic ring is 1. The third-order valence-electron chi connectivity index (χ3n) is 2.51. The summed E-state index contributed by atoms with van der Waals surface area (Å²) in [6.07, 6.45) is 0.0882. The molecule has 1 unspecified atom stereocenters. The summed E-state index contributed by atoms with van der Waals surface area (Å²) in [6.45, 7) is 6.49. The Morgan fingerprint density at radius 3 is 2.60 bits per heavy atom. The number of ether oxygens (including phenoxy) is 2. The second-order valence-electron chi connectivity index (χ2n) is 3.78. The van der Waals surface area contributed by atoms with Gasteiger partial charge in [0.05, 0.1) is 6.10 Å². The van der Waals surface area contributed by atoms with Crippen molar-refractivity contribution in [1.82, 2.24) is 0 Å². The van der Waals surface area contributed by atoms with Crippen LogP contribution >= 0.6 is 0 Å². The standard InChI is InChI=1S/C12H19NO2/c1-8-5-6-11(13)10(3)12(8)15-7-9(2)14-4/h5-6,9H,7,13H2,1-4H3. The van der Waals surface area contributed by atoms with Gasteiger partial charge in [-0.3, -0.25) is 0 Å². The molecule has 0 aliphatic heterocycles. The van der Waals surface area contributed by atoms with E-state index in [9.17, 15) is 0 Å². The van der Waals surface area contributed by atoms with Crippen LogP contribution in [-0.2, 0) is 4.74 Å². The average molecular weight is 209 g/mol. The Hall–Kier alpha value is -1.22. The van der Waals surface area contributed by atoms with E-state index in [4.69, 9.17) is 15.2 Å². The molecule has 0 radical (unpaired) electrons. The molecule has 3 nitrogen and oxygen atoms in total. The van der Waals surface area contributed by atoms with Crippen LogP contribution in [0.3, 0.4) is 0 Å². The zero-order valence-corrected chi connectivity index (χ0v) is 9.83. The summed E-state index contributed by atoms with van der Waals surface area (Å²) in [6, 6.07) is 3.87. The lowest BCUT2D eigenvalue weighted by molar-refractivity contribution is 0.0712. The number of aryl methyl sites for hydroxylation is 1. The summed E-state index contributed by atoms with van der Waals surface area (Å²) >= 11 is 0. The minimum atomic E-state index is 0.0882. The first kappa shape index (κ1) is 11.9. The molecule has 0 aromatic heterocycles. The van der Waals surface area contributed by atoms with Gasteiger partial charge in [0.25, 0.3) is 0 Å². The number of methoxy groups -OCH3 is 1. The largest absolute Gasteiger partial charge is 0.490 e. The van der Waals surface area contributed by atoms with Crippen LogP contribution in [0.2, 0.25) is 0 Å². The number of hydrogen-bond donors (Lipinski definition) is 1. The van der Waals surface area contributed by atoms with Gasteiger partial charge < -0.3 is 15.2 Å². The third-order valence-corrected chi connectivity index (χ3v) is 2.51. The molecule has 0 aliphatic carbocycles. The zero-order chi connectivity index (χ0) is 11.4. The number of benzene rings is 1. The number of rotatable bonds is 4. The Morgan fingerprint density at radius 1 is 1.33 bits per heavy atom. The lowest BCUT2D eigenvalue weighted by Crippen LogP contribution is -2.17. The van der Waals surface area contributed by atoms with Crippen molar-refractivity contribution in [3.05, 3.63) is 23.3 Å². The minimum Gasteiger partial charge on any atom is -0.490 e. The molecule has 0 aliphatic rings. The van der Waals surface area contributed by atoms with E-state index >= 15 is 0 Å². The third kappa shape index (κ3) is 2.86. The molecule has 15 heavy (non-hydrogen) atoms. The van der Waals surface area contributed by atoms with E-state index in [-0.39, 0.29) is 6.10 Å². The maximum absolute atomic E-state index is 5.82. The van der Waals surface area contributed by atoms with Crippen LogP contribution in [-0.4, -0.2) is 19.8 Å². The van der Waals surface area contributed by atoms with E-state index in [2.05, 4.69) is 0 Å². The predicted molar refractivity (Wildman–Crippen MR) is 62.3 cm³/mol. The van der Waals surface area contributed by atoms with Crippen LogP contribution in [0.5, 0.6) is 5.75 Å². The highest BCUT2D eigenvalue weighted by atomic mass is 16.5. The van der Waals surface area contributed by atoms with Crippen molar-refractivity contribution in [2.24, 2.45) is 0 Å². The fourth-order valence-electron chi connectivity index (χ4n) is 1.33. The molecule has 0 saturated carbocycles. The molecule has 0 bridgehead atoms. The van der Waals surface area contributed by atoms with Gasteiger partial charge in [-0.1, -0.05) is 6.07 Å². The monoisotopic (exact) mass is 209 g/mol. The summed E-state index contributed by atoms with van der Waals surface area (Å²) in [7, 11) is 1.67. The highest BCUT2D eigenvalue weighted by Gasteiger charge is 2.08. The van der Waals surface area contributed by atoms with E-state index in [1.807, 2.05) is 32.9 Å². The van der Waals surface area contributed by atoms with Gasteiger partial charge in [-0.25, -0.2) is 0 Å². The van der Waals surface area contributed by atoms with Crippen LogP contribution in [0.25, 0.3) is 0 Å². The molecular weight excluding hydrogens is 190 g/mol. The van der Waals surface area contributed by atoms with Gasteiger partial charge >= 0.3 is 0 Å². The van der Waals surface area contributed by atoms with Gasteiger partial charge in [0.1, 0.15) is 12.4 Å². The molecule has 1 rings (SSSR count). The second kappa shape index (κ2) is 5.03. The van der Waals surface area contributed by atoms with Crippen molar-refractivity contribution in [2.75, 3.05) is 19.5 Å².